The fourth-order valence-electron chi connectivity index (χ4n) is 10.1. The van der Waals surface area contributed by atoms with Gasteiger partial charge in [0.05, 0.1) is 44.8 Å². The Kier molecular flexibility index (Phi) is 38.9. The first kappa shape index (κ1) is 89.0. The summed E-state index contributed by atoms with van der Waals surface area (Å²) in [6, 6.07) is 44.5. The van der Waals surface area contributed by atoms with Crippen molar-refractivity contribution in [2.24, 2.45) is 0 Å². The standard InChI is InChI=1S/C23H19BrN2O5.C17H16O4.C12H12BrNO2.C8H6BrNO.C5H2BrClN2O2.C5H3BrN2O3.C4H8I2O/c24-18-13-19(26(29)30)22(25-14-18)21(20(27)12-11-16-7-3-1-4-8-16)23(28)31-15-17-9-5-2-6-10-17;18-16(20-12-14-7-3-1-4-8-14)11-17(19)21-13-15-9-5-2-6-10-15;13-9-5-8-6-10(15)12(11(8)14-7-9)1-3-16-4-2-12;9-6-1-5-2-7(11)3-8(5)10-4-6;6-3-1-4(9(10)11)5(7)8-2-3;6-3-1-4(8(10)11)5(9)7-2-3;5-1-3-7-4-2-6/h1-10,13-14,21H,11-12,15H2;1-10H,11-13H2;5,7H,1-4,6H2;1,4H,2-3H2;1-2H;1-2H,(H,7,9);1-4H2. The number of benzene rings is 4. The lowest BCUT2D eigenvalue weighted by Gasteiger charge is -2.31. The maximum atomic E-state index is 13.1. The number of nitrogens with one attached hydrogen (secondary N) is 1. The van der Waals surface area contributed by atoms with E-state index in [2.05, 4.69) is 150 Å². The SMILES string of the molecule is ICCOCCI.O=C(CC(=O)OCc1ccccc1)OCc1ccccc1.O=C(CCc1ccccc1)C(C(=O)OCc1ccccc1)c1ncc(Br)cc1[N+](=O)[O-].O=C1Cc2cc(Br)cnc2C1.O=C1Cc2cc(Br)cnc2C12CCOCC2.O=[N+]([O-])c1cc(Br)cnc1Cl.O=c1[nH]cc(Br)cc1[N+](=O)[O-]. The Bertz CT molecular complexity index is 4490. The first-order chi connectivity index (χ1) is 51.8. The van der Waals surface area contributed by atoms with Crippen molar-refractivity contribution < 1.29 is 67.2 Å². The van der Waals surface area contributed by atoms with Gasteiger partial charge in [0.25, 0.3) is 5.69 Å². The number of carbonyl (C=O) groups excluding carboxylic acids is 6. The van der Waals surface area contributed by atoms with E-state index < -0.39 is 61.3 Å². The summed E-state index contributed by atoms with van der Waals surface area (Å²) in [5.74, 6) is -3.42. The lowest BCUT2D eigenvalue weighted by atomic mass is 9.77. The molecule has 1 atom stereocenters. The van der Waals surface area contributed by atoms with E-state index in [4.69, 9.17) is 35.3 Å². The van der Waals surface area contributed by atoms with E-state index in [1.54, 1.807) is 36.7 Å². The lowest BCUT2D eigenvalue weighted by molar-refractivity contribution is -0.386. The maximum Gasteiger partial charge on any atom is 0.334 e. The van der Waals surface area contributed by atoms with Crippen molar-refractivity contribution in [3.8, 4) is 0 Å². The molecule has 0 radical (unpaired) electrons. The van der Waals surface area contributed by atoms with E-state index in [1.165, 1.54) is 30.7 Å². The molecular weight excluding hydrogens is 1980 g/mol. The number of carbonyl (C=O) groups is 6. The molecule has 4 aromatic carbocycles. The number of pyridine rings is 5. The fourth-order valence-corrected chi connectivity index (χ4v) is 12.7. The van der Waals surface area contributed by atoms with Gasteiger partial charge in [0.2, 0.25) is 5.15 Å². The molecule has 1 N–H and O–H groups in total. The number of ketones is 3. The fraction of sp³-hybridized carbons (Fsp3) is 0.257. The predicted molar refractivity (Wildman–Crippen MR) is 435 cm³/mol. The number of alkyl halides is 2. The van der Waals surface area contributed by atoms with Crippen molar-refractivity contribution in [3.63, 3.8) is 0 Å². The molecule has 566 valence electrons. The molecule has 2 aliphatic carbocycles. The summed E-state index contributed by atoms with van der Waals surface area (Å²) in [5, 5.41) is 31.8. The number of Topliss-reactive ketones (excluding diaryl/α,β-unsaturated/α-hetero) is 3. The number of hydrogen-bond acceptors (Lipinski definition) is 22. The van der Waals surface area contributed by atoms with Crippen molar-refractivity contribution in [2.45, 2.75) is 82.5 Å². The molecule has 108 heavy (non-hydrogen) atoms. The van der Waals surface area contributed by atoms with E-state index in [1.807, 2.05) is 109 Å². The zero-order valence-corrected chi connectivity index (χ0v) is 69.9. The number of nitrogens with zero attached hydrogens (tertiary/aromatic N) is 7. The van der Waals surface area contributed by atoms with Crippen LogP contribution < -0.4 is 5.56 Å². The molecule has 0 bridgehead atoms. The summed E-state index contributed by atoms with van der Waals surface area (Å²) in [7, 11) is 0. The van der Waals surface area contributed by atoms with Gasteiger partial charge >= 0.3 is 34.8 Å². The monoisotopic (exact) mass is 2040 g/mol. The summed E-state index contributed by atoms with van der Waals surface area (Å²) in [6.07, 6.45) is 10.8. The summed E-state index contributed by atoms with van der Waals surface area (Å²) in [5.41, 5.74) is 5.19. The van der Waals surface area contributed by atoms with Gasteiger partial charge < -0.3 is 28.7 Å². The quantitative estimate of drug-likeness (QED) is 0.00803. The summed E-state index contributed by atoms with van der Waals surface area (Å²) < 4.78 is 31.3. The molecule has 26 nitrogen and oxygen atoms in total. The number of nitro groups is 3. The van der Waals surface area contributed by atoms with E-state index in [0.717, 1.165) is 94.7 Å². The Labute approximate surface area is 693 Å². The molecule has 1 spiro atoms. The van der Waals surface area contributed by atoms with Gasteiger partial charge in [-0.05, 0) is 144 Å². The second-order valence-electron chi connectivity index (χ2n) is 22.9. The van der Waals surface area contributed by atoms with Gasteiger partial charge in [0.15, 0.2) is 11.7 Å². The molecule has 5 aromatic heterocycles. The van der Waals surface area contributed by atoms with Gasteiger partial charge in [0.1, 0.15) is 43.5 Å². The summed E-state index contributed by atoms with van der Waals surface area (Å²) >= 11 is 25.9. The molecule has 1 fully saturated rings. The molecule has 34 heteroatoms. The highest BCUT2D eigenvalue weighted by molar-refractivity contribution is 14.1. The molecular formula is C74H66Br5ClI2N8O18. The third kappa shape index (κ3) is 30.2. The van der Waals surface area contributed by atoms with Crippen LogP contribution in [0.4, 0.5) is 17.1 Å². The third-order valence-electron chi connectivity index (χ3n) is 15.3. The van der Waals surface area contributed by atoms with Crippen molar-refractivity contribution in [1.29, 1.82) is 0 Å². The first-order valence-corrected chi connectivity index (χ1v) is 39.7. The molecule has 1 saturated heterocycles. The van der Waals surface area contributed by atoms with E-state index in [0.29, 0.717) is 58.1 Å². The molecule has 1 unspecified atom stereocenters. The van der Waals surface area contributed by atoms with E-state index >= 15 is 0 Å². The van der Waals surface area contributed by atoms with Crippen LogP contribution in [0.3, 0.4) is 0 Å². The van der Waals surface area contributed by atoms with Crippen molar-refractivity contribution in [1.82, 2.24) is 24.9 Å². The van der Waals surface area contributed by atoms with Crippen LogP contribution in [0.1, 0.15) is 82.1 Å². The zero-order chi connectivity index (χ0) is 78.5. The Balaban J connectivity index is 0.000000208. The van der Waals surface area contributed by atoms with Crippen LogP contribution >= 0.6 is 136 Å². The van der Waals surface area contributed by atoms with Crippen LogP contribution in [0.2, 0.25) is 5.15 Å². The van der Waals surface area contributed by atoms with Crippen molar-refractivity contribution >= 4 is 189 Å². The van der Waals surface area contributed by atoms with Gasteiger partial charge in [-0.15, -0.1) is 0 Å². The topological polar surface area (TPSA) is 362 Å². The molecule has 0 saturated carbocycles. The number of ether oxygens (including phenoxy) is 5. The predicted octanol–water partition coefficient (Wildman–Crippen LogP) is 16.5. The molecule has 6 heterocycles. The maximum absolute atomic E-state index is 13.1. The van der Waals surface area contributed by atoms with Crippen molar-refractivity contribution in [3.05, 3.63) is 301 Å². The van der Waals surface area contributed by atoms with E-state index in [-0.39, 0.29) is 60.4 Å². The van der Waals surface area contributed by atoms with Crippen LogP contribution in [-0.4, -0.2) is 110 Å². The zero-order valence-electron chi connectivity index (χ0n) is 56.9. The highest BCUT2D eigenvalue weighted by Gasteiger charge is 2.48. The van der Waals surface area contributed by atoms with Crippen LogP contribution in [0.25, 0.3) is 0 Å². The van der Waals surface area contributed by atoms with Crippen LogP contribution in [-0.2, 0) is 103 Å². The number of hydrogen-bond donors (Lipinski definition) is 1. The molecule has 12 rings (SSSR count). The Hall–Kier alpha value is -7.88. The second kappa shape index (κ2) is 47.2. The largest absolute Gasteiger partial charge is 0.460 e. The number of fused-ring (bicyclic) bond motifs is 3. The number of H-pyrrole nitrogens is 1. The number of aromatic amines is 1. The average Bonchev–Trinajstić information content (AvgIpc) is 1.60. The Morgan fingerprint density at radius 3 is 1.51 bits per heavy atom. The minimum absolute atomic E-state index is 0.0179. The number of aromatic nitrogens is 5. The van der Waals surface area contributed by atoms with Gasteiger partial charge in [-0.1, -0.05) is 178 Å². The van der Waals surface area contributed by atoms with Gasteiger partial charge in [0, 0.05) is 119 Å². The van der Waals surface area contributed by atoms with Gasteiger partial charge in [-0.25, -0.2) is 4.98 Å². The Morgan fingerprint density at radius 1 is 0.556 bits per heavy atom. The normalized spacial score (nSPS) is 12.7. The number of esters is 3. The minimum atomic E-state index is -1.49. The summed E-state index contributed by atoms with van der Waals surface area (Å²) in [6.45, 7) is 3.42. The molecule has 0 amide bonds. The van der Waals surface area contributed by atoms with Crippen molar-refractivity contribution in [2.75, 3.05) is 35.3 Å². The molecule has 9 aromatic rings. The van der Waals surface area contributed by atoms with Gasteiger partial charge in [-0.3, -0.25) is 78.9 Å². The highest BCUT2D eigenvalue weighted by atomic mass is 127. The molecule has 3 aliphatic rings. The third-order valence-corrected chi connectivity index (χ3v) is 18.6. The lowest BCUT2D eigenvalue weighted by Crippen LogP contribution is -2.38. The number of aryl methyl sites for hydroxylation is 1. The Morgan fingerprint density at radius 2 is 1.01 bits per heavy atom. The van der Waals surface area contributed by atoms with Crippen LogP contribution in [0.5, 0.6) is 0 Å². The minimum Gasteiger partial charge on any atom is -0.460 e. The first-order valence-electron chi connectivity index (χ1n) is 32.4. The smallest absolute Gasteiger partial charge is 0.334 e. The summed E-state index contributed by atoms with van der Waals surface area (Å²) in [4.78, 5) is 131. The molecule has 1 aliphatic heterocycles. The average molecular weight is 2040 g/mol. The highest BCUT2D eigenvalue weighted by Crippen LogP contribution is 2.43. The van der Waals surface area contributed by atoms with Crippen LogP contribution in [0.15, 0.2) is 210 Å². The second-order valence-corrected chi connectivity index (χ2v) is 30.0. The van der Waals surface area contributed by atoms with Gasteiger partial charge in [-0.2, -0.15) is 0 Å². The van der Waals surface area contributed by atoms with E-state index in [9.17, 15) is 63.9 Å². The number of rotatable bonds is 21. The van der Waals surface area contributed by atoms with Crippen LogP contribution in [0, 0.1) is 30.3 Å². The number of halogens is 8.